The molecule has 0 bridgehead atoms. The summed E-state index contributed by atoms with van der Waals surface area (Å²) in [6.45, 7) is 0. The van der Waals surface area contributed by atoms with Crippen molar-refractivity contribution in [2.24, 2.45) is 0 Å². The molecule has 0 radical (unpaired) electrons. The molecule has 0 fully saturated rings. The Hall–Kier alpha value is -4.89. The number of aromatic hydroxyl groups is 1. The van der Waals surface area contributed by atoms with Crippen LogP contribution in [0, 0.1) is 0 Å². The number of nitrogen functional groups attached to an aromatic ring is 1. The van der Waals surface area contributed by atoms with Crippen molar-refractivity contribution in [3.8, 4) is 5.75 Å². The molecule has 0 saturated carbocycles. The molecule has 62 heavy (non-hydrogen) atoms. The van der Waals surface area contributed by atoms with Crippen LogP contribution < -0.4 is 16.4 Å². The third-order valence-electron chi connectivity index (χ3n) is 8.38. The molecule has 1 aliphatic carbocycles. The maximum Gasteiger partial charge on any atom is 0.296 e. The maximum absolute atomic E-state index is 12.7. The van der Waals surface area contributed by atoms with Crippen LogP contribution in [-0.4, -0.2) is 95.9 Å². The van der Waals surface area contributed by atoms with Crippen LogP contribution in [0.2, 0.25) is 0 Å². The van der Waals surface area contributed by atoms with Gasteiger partial charge in [0.05, 0.1) is 33.5 Å². The van der Waals surface area contributed by atoms with E-state index in [0.29, 0.717) is 17.2 Å². The summed E-state index contributed by atoms with van der Waals surface area (Å²) in [5, 5.41) is 15.7. The van der Waals surface area contributed by atoms with Gasteiger partial charge in [-0.3, -0.25) is 23.2 Å². The van der Waals surface area contributed by atoms with Crippen LogP contribution in [0.4, 0.5) is 17.1 Å². The van der Waals surface area contributed by atoms with Crippen LogP contribution in [0.1, 0.15) is 22.3 Å². The third-order valence-corrected chi connectivity index (χ3v) is 14.9. The monoisotopic (exact) mass is 995 g/mol. The Morgan fingerprint density at radius 2 is 1.34 bits per heavy atom. The SMILES string of the molecule is Nc1ccc(NC(=O)C2=CCC(=CS(=O)(=O)CCCl)C=C2)cc1S(=O)(=O)O.O=C(Nc1ccc(S(=O)(=O)O)c2cc(S(=O)(=O)O)cc(O)c12)c1ccc(CS(=O)(=O)CCCl)cc1. The molecule has 0 unspecified atom stereocenters. The fourth-order valence-electron chi connectivity index (χ4n) is 5.53. The molecule has 0 atom stereocenters. The zero-order valence-corrected chi connectivity index (χ0v) is 37.1. The molecule has 4 aromatic rings. The molecule has 0 aromatic heterocycles. The Morgan fingerprint density at radius 1 is 0.710 bits per heavy atom. The number of halogens is 2. The van der Waals surface area contributed by atoms with Gasteiger partial charge in [0.15, 0.2) is 19.7 Å². The zero-order chi connectivity index (χ0) is 46.4. The number of allylic oxidation sites excluding steroid dienone is 3. The van der Waals surface area contributed by atoms with E-state index in [0.717, 1.165) is 29.7 Å². The Labute approximate surface area is 366 Å². The van der Waals surface area contributed by atoms with Crippen LogP contribution in [0.25, 0.3) is 10.8 Å². The standard InChI is InChI=1S/C20H18ClNO10S3.C16H17ClN2O6S2/c21-7-8-33(25,26)11-12-1-3-13(4-2-12)20(24)22-16-5-6-18(35(30,31)32)15-9-14(34(27,28)29)10-17(23)19(15)16;17-7-8-26(21,22)10-11-1-3-12(4-2-11)16(20)19-13-5-6-14(18)15(9-13)27(23,24)25/h1-6,9-10,23H,7-8,11H2,(H,22,24)(H,27,28,29)(H,30,31,32);1,3-6,9-10H,2,7-8,18H2,(H,19,20)(H,23,24,25). The van der Waals surface area contributed by atoms with Crippen molar-refractivity contribution in [3.63, 3.8) is 0 Å². The molecule has 5 rings (SSSR count). The van der Waals surface area contributed by atoms with Gasteiger partial charge in [0, 0.05) is 50.8 Å². The summed E-state index contributed by atoms with van der Waals surface area (Å²) in [5.74, 6) is -2.75. The van der Waals surface area contributed by atoms with Crippen molar-refractivity contribution in [1.29, 1.82) is 0 Å². The molecule has 0 saturated heterocycles. The number of carbonyl (C=O) groups is 2. The van der Waals surface area contributed by atoms with E-state index >= 15 is 0 Å². The fraction of sp³-hybridized carbons (Fsp3) is 0.167. The van der Waals surface area contributed by atoms with Crippen molar-refractivity contribution in [2.75, 3.05) is 39.6 Å². The average Bonchev–Trinajstić information content (AvgIpc) is 3.14. The number of nitrogens with two attached hydrogens (primary N) is 1. The number of hydrogen-bond acceptors (Lipinski definition) is 14. The molecule has 26 heteroatoms. The molecule has 8 N–H and O–H groups in total. The Bertz CT molecular complexity index is 3100. The van der Waals surface area contributed by atoms with E-state index in [1.165, 1.54) is 48.6 Å². The van der Waals surface area contributed by atoms with E-state index in [4.69, 9.17) is 33.5 Å². The number of sulfone groups is 2. The Kier molecular flexibility index (Phi) is 15.8. The number of amides is 2. The molecule has 0 heterocycles. The molecule has 0 spiro atoms. The molecular formula is C36H35Cl2N3O16S5. The van der Waals surface area contributed by atoms with Crippen LogP contribution in [0.15, 0.2) is 116 Å². The minimum absolute atomic E-state index is 0.00748. The molecule has 19 nitrogen and oxygen atoms in total. The van der Waals surface area contributed by atoms with Gasteiger partial charge in [-0.15, -0.1) is 23.2 Å². The highest BCUT2D eigenvalue weighted by Crippen LogP contribution is 2.38. The second-order valence-corrected chi connectivity index (χ2v) is 22.1. The van der Waals surface area contributed by atoms with Crippen LogP contribution in [-0.2, 0) is 60.6 Å². The zero-order valence-electron chi connectivity index (χ0n) is 31.5. The van der Waals surface area contributed by atoms with Gasteiger partial charge in [0.2, 0.25) is 0 Å². The first-order valence-electron chi connectivity index (χ1n) is 17.1. The van der Waals surface area contributed by atoms with Gasteiger partial charge in [0.25, 0.3) is 42.2 Å². The second-order valence-electron chi connectivity index (χ2n) is 13.0. The van der Waals surface area contributed by atoms with E-state index in [1.807, 2.05) is 0 Å². The Morgan fingerprint density at radius 3 is 1.89 bits per heavy atom. The first-order valence-corrected chi connectivity index (χ1v) is 26.0. The number of rotatable bonds is 14. The summed E-state index contributed by atoms with van der Waals surface area (Å²) in [4.78, 5) is 22.9. The van der Waals surface area contributed by atoms with E-state index in [9.17, 15) is 65.9 Å². The van der Waals surface area contributed by atoms with Crippen molar-refractivity contribution in [2.45, 2.75) is 26.9 Å². The van der Waals surface area contributed by atoms with E-state index in [-0.39, 0.29) is 69.0 Å². The third kappa shape index (κ3) is 13.6. The fourth-order valence-corrected chi connectivity index (χ4v) is 10.8. The van der Waals surface area contributed by atoms with Crippen LogP contribution in [0.5, 0.6) is 5.75 Å². The lowest BCUT2D eigenvalue weighted by atomic mass is 10.0. The van der Waals surface area contributed by atoms with Gasteiger partial charge in [-0.05, 0) is 72.2 Å². The summed E-state index contributed by atoms with van der Waals surface area (Å²) >= 11 is 10.9. The predicted molar refractivity (Wildman–Crippen MR) is 232 cm³/mol. The second kappa shape index (κ2) is 19.7. The van der Waals surface area contributed by atoms with E-state index in [1.54, 1.807) is 6.08 Å². The van der Waals surface area contributed by atoms with Crippen molar-refractivity contribution < 1.29 is 70.4 Å². The number of phenolic OH excluding ortho intramolecular Hbond substituents is 1. The van der Waals surface area contributed by atoms with Crippen molar-refractivity contribution >= 4 is 113 Å². The lowest BCUT2D eigenvalue weighted by molar-refractivity contribution is -0.112. The normalized spacial score (nSPS) is 14.1. The highest BCUT2D eigenvalue weighted by atomic mass is 35.5. The number of benzene rings is 4. The molecule has 1 aliphatic rings. The quantitative estimate of drug-likeness (QED) is 0.0525. The van der Waals surface area contributed by atoms with E-state index in [2.05, 4.69) is 10.6 Å². The minimum Gasteiger partial charge on any atom is -0.507 e. The molecule has 334 valence electrons. The van der Waals surface area contributed by atoms with E-state index < -0.39 is 87.7 Å². The summed E-state index contributed by atoms with van der Waals surface area (Å²) in [6, 6.07) is 12.6. The summed E-state index contributed by atoms with van der Waals surface area (Å²) in [6.07, 6.45) is 4.73. The molecule has 4 aromatic carbocycles. The van der Waals surface area contributed by atoms with Gasteiger partial charge >= 0.3 is 0 Å². The largest absolute Gasteiger partial charge is 0.507 e. The van der Waals surface area contributed by atoms with Crippen molar-refractivity contribution in [3.05, 3.63) is 113 Å². The number of carbonyl (C=O) groups excluding carboxylic acids is 2. The molecular weight excluding hydrogens is 962 g/mol. The van der Waals surface area contributed by atoms with Gasteiger partial charge in [-0.2, -0.15) is 25.3 Å². The van der Waals surface area contributed by atoms with Gasteiger partial charge < -0.3 is 21.5 Å². The van der Waals surface area contributed by atoms with Crippen molar-refractivity contribution in [1.82, 2.24) is 0 Å². The summed E-state index contributed by atoms with van der Waals surface area (Å²) < 4.78 is 144. The van der Waals surface area contributed by atoms with Crippen LogP contribution in [0.3, 0.4) is 0 Å². The minimum atomic E-state index is -4.89. The predicted octanol–water partition coefficient (Wildman–Crippen LogP) is 4.32. The first kappa shape index (κ1) is 49.8. The first-order chi connectivity index (χ1) is 28.6. The number of nitrogens with one attached hydrogen (secondary N) is 2. The number of phenols is 1. The average molecular weight is 997 g/mol. The van der Waals surface area contributed by atoms with Gasteiger partial charge in [0.1, 0.15) is 15.5 Å². The number of hydrogen-bond donors (Lipinski definition) is 7. The lowest BCUT2D eigenvalue weighted by Gasteiger charge is -2.14. The highest BCUT2D eigenvalue weighted by molar-refractivity contribution is 7.94. The number of anilines is 3. The molecule has 2 amide bonds. The highest BCUT2D eigenvalue weighted by Gasteiger charge is 2.24. The number of alkyl halides is 2. The van der Waals surface area contributed by atoms with Gasteiger partial charge in [-0.25, -0.2) is 16.8 Å². The smallest absolute Gasteiger partial charge is 0.296 e. The lowest BCUT2D eigenvalue weighted by Crippen LogP contribution is -2.15. The maximum atomic E-state index is 12.7. The number of fused-ring (bicyclic) bond motifs is 1. The topological polar surface area (TPSA) is 336 Å². The van der Waals surface area contributed by atoms with Crippen LogP contribution >= 0.6 is 23.2 Å². The summed E-state index contributed by atoms with van der Waals surface area (Å²) in [5.41, 5.74) is 6.63. The summed E-state index contributed by atoms with van der Waals surface area (Å²) in [7, 11) is -21.1. The Balaban J connectivity index is 0.000000282. The molecule has 0 aliphatic heterocycles. The van der Waals surface area contributed by atoms with Gasteiger partial charge in [-0.1, -0.05) is 24.3 Å².